The number of alkyl halides is 1. The first-order valence-electron chi connectivity index (χ1n) is 4.26. The van der Waals surface area contributed by atoms with E-state index in [0.29, 0.717) is 10.1 Å². The van der Waals surface area contributed by atoms with E-state index in [1.54, 1.807) is 0 Å². The van der Waals surface area contributed by atoms with Gasteiger partial charge in [-0.3, -0.25) is 0 Å². The Balaban J connectivity index is 2.98. The lowest BCUT2D eigenvalue weighted by molar-refractivity contribution is 0.0700. The average molecular weight is 328 g/mol. The van der Waals surface area contributed by atoms with Gasteiger partial charge in [-0.05, 0) is 0 Å². The molecule has 0 saturated heterocycles. The van der Waals surface area contributed by atoms with Crippen molar-refractivity contribution in [2.45, 2.75) is 4.43 Å². The summed E-state index contributed by atoms with van der Waals surface area (Å²) >= 11 is 2.08. The molecule has 0 amide bonds. The number of carboxylic acids is 1. The molecule has 6 nitrogen and oxygen atoms in total. The molecule has 80 valence electrons. The molecule has 0 unspecified atom stereocenters. The van der Waals surface area contributed by atoms with Crippen LogP contribution in [0.3, 0.4) is 0 Å². The summed E-state index contributed by atoms with van der Waals surface area (Å²) < 4.78 is 1.96. The number of fused-ring (bicyclic) bond motifs is 1. The molecular weight excluding hydrogens is 322 g/mol. The van der Waals surface area contributed by atoms with Gasteiger partial charge in [0.15, 0.2) is 5.82 Å². The Kier molecular flexibility index (Phi) is 2.74. The van der Waals surface area contributed by atoms with E-state index in [2.05, 4.69) is 32.7 Å². The number of hydrogen-bond donors (Lipinski definition) is 2. The number of aromatic carboxylic acids is 1. The number of nitrogens with two attached hydrogens (primary N) is 1. The lowest BCUT2D eigenvalue weighted by Crippen LogP contribution is -2.15. The van der Waals surface area contributed by atoms with Gasteiger partial charge < -0.3 is 10.8 Å². The van der Waals surface area contributed by atoms with Crippen LogP contribution in [0.2, 0.25) is 0 Å². The van der Waals surface area contributed by atoms with Gasteiger partial charge in [-0.15, -0.1) is 0 Å². The molecule has 2 aromatic rings. The van der Waals surface area contributed by atoms with Gasteiger partial charge in [-0.2, -0.15) is 5.10 Å². The molecular formula is C8H6BIN4O2. The van der Waals surface area contributed by atoms with Crippen molar-refractivity contribution in [2.75, 3.05) is 5.73 Å². The molecule has 2 heterocycles. The number of nitrogen functional groups attached to an aromatic ring is 1. The fraction of sp³-hybridized carbons (Fsp3) is 0.125. The predicted molar refractivity (Wildman–Crippen MR) is 67.5 cm³/mol. The van der Waals surface area contributed by atoms with E-state index < -0.39 is 5.97 Å². The van der Waals surface area contributed by atoms with Crippen LogP contribution >= 0.6 is 22.6 Å². The maximum absolute atomic E-state index is 11.1. The van der Waals surface area contributed by atoms with Crippen molar-refractivity contribution in [3.05, 3.63) is 17.6 Å². The Morgan fingerprint density at radius 2 is 2.38 bits per heavy atom. The Bertz CT molecular complexity index is 583. The minimum atomic E-state index is -1.13. The zero-order chi connectivity index (χ0) is 11.9. The summed E-state index contributed by atoms with van der Waals surface area (Å²) in [6, 6.07) is 0. The second-order valence-corrected chi connectivity index (χ2v) is 3.84. The zero-order valence-corrected chi connectivity index (χ0v) is 10.2. The van der Waals surface area contributed by atoms with Gasteiger partial charge in [0.1, 0.15) is 19.7 Å². The highest BCUT2D eigenvalue weighted by molar-refractivity contribution is 14.1. The van der Waals surface area contributed by atoms with Gasteiger partial charge >= 0.3 is 5.97 Å². The molecule has 16 heavy (non-hydrogen) atoms. The quantitative estimate of drug-likeness (QED) is 0.450. The van der Waals surface area contributed by atoms with Gasteiger partial charge in [-0.1, -0.05) is 28.1 Å². The van der Waals surface area contributed by atoms with Crippen LogP contribution in [-0.2, 0) is 4.43 Å². The molecule has 2 rings (SSSR count). The molecule has 0 fully saturated rings. The molecule has 3 N–H and O–H groups in total. The smallest absolute Gasteiger partial charge is 0.337 e. The van der Waals surface area contributed by atoms with Crippen molar-refractivity contribution in [3.63, 3.8) is 0 Å². The van der Waals surface area contributed by atoms with E-state index in [-0.39, 0.29) is 22.4 Å². The number of anilines is 1. The summed E-state index contributed by atoms with van der Waals surface area (Å²) in [5, 5.41) is 13.0. The fourth-order valence-corrected chi connectivity index (χ4v) is 2.27. The summed E-state index contributed by atoms with van der Waals surface area (Å²) in [5.41, 5.74) is 6.65. The van der Waals surface area contributed by atoms with Crippen LogP contribution in [0, 0.1) is 0 Å². The largest absolute Gasteiger partial charge is 0.478 e. The highest BCUT2D eigenvalue weighted by Crippen LogP contribution is 2.19. The van der Waals surface area contributed by atoms with E-state index in [0.717, 1.165) is 0 Å². The van der Waals surface area contributed by atoms with E-state index in [9.17, 15) is 4.79 Å². The zero-order valence-electron chi connectivity index (χ0n) is 8.01. The summed E-state index contributed by atoms with van der Waals surface area (Å²) in [6.07, 6.45) is 1.27. The van der Waals surface area contributed by atoms with Crippen molar-refractivity contribution in [1.82, 2.24) is 14.6 Å². The summed E-state index contributed by atoms with van der Waals surface area (Å²) in [7, 11) is 5.77. The number of halogens is 1. The molecule has 0 aliphatic heterocycles. The molecule has 2 aromatic heterocycles. The predicted octanol–water partition coefficient (Wildman–Crippen LogP) is -0.262. The molecule has 8 heteroatoms. The molecule has 0 aromatic carbocycles. The first kappa shape index (κ1) is 11.2. The third kappa shape index (κ3) is 1.44. The number of carboxylic acid groups (broad SMARTS) is 1. The van der Waals surface area contributed by atoms with Crippen LogP contribution in [0.25, 0.3) is 5.52 Å². The highest BCUT2D eigenvalue weighted by atomic mass is 127. The molecule has 0 atom stereocenters. The first-order chi connectivity index (χ1) is 7.57. The highest BCUT2D eigenvalue weighted by Gasteiger charge is 2.21. The molecule has 0 saturated carbocycles. The topological polar surface area (TPSA) is 93.5 Å². The average Bonchev–Trinajstić information content (AvgIpc) is 2.51. The van der Waals surface area contributed by atoms with Crippen molar-refractivity contribution in [2.24, 2.45) is 0 Å². The van der Waals surface area contributed by atoms with Gasteiger partial charge in [0, 0.05) is 10.1 Å². The van der Waals surface area contributed by atoms with Crippen molar-refractivity contribution in [1.29, 1.82) is 0 Å². The van der Waals surface area contributed by atoms with Crippen LogP contribution in [0.5, 0.6) is 0 Å². The normalized spacial score (nSPS) is 10.8. The van der Waals surface area contributed by atoms with Gasteiger partial charge in [0.2, 0.25) is 0 Å². The molecule has 2 radical (unpaired) electrons. The van der Waals surface area contributed by atoms with E-state index in [1.807, 2.05) is 0 Å². The van der Waals surface area contributed by atoms with E-state index in [1.165, 1.54) is 10.8 Å². The Labute approximate surface area is 105 Å². The molecule has 0 aliphatic rings. The molecule has 0 aliphatic carbocycles. The van der Waals surface area contributed by atoms with Crippen molar-refractivity contribution >= 4 is 53.2 Å². The molecule has 0 bridgehead atoms. The summed E-state index contributed by atoms with van der Waals surface area (Å²) in [6.45, 7) is 0. The standard InChI is InChI=1S/C8H6BIN4O2/c9-5-3(1-10)14-6(4(5)8(15)16)7(11)12-2-13-14/h2H,1H2,(H,15,16)(H2,11,12,13). The van der Waals surface area contributed by atoms with Crippen molar-refractivity contribution in [3.8, 4) is 0 Å². The second kappa shape index (κ2) is 3.93. The number of rotatable bonds is 2. The third-order valence-electron chi connectivity index (χ3n) is 2.23. The van der Waals surface area contributed by atoms with Crippen LogP contribution in [-0.4, -0.2) is 33.5 Å². The lowest BCUT2D eigenvalue weighted by atomic mass is 9.91. The minimum Gasteiger partial charge on any atom is -0.478 e. The first-order valence-corrected chi connectivity index (χ1v) is 5.79. The van der Waals surface area contributed by atoms with Gasteiger partial charge in [-0.25, -0.2) is 14.3 Å². The molecule has 0 spiro atoms. The van der Waals surface area contributed by atoms with Crippen LogP contribution < -0.4 is 11.2 Å². The number of aromatic nitrogens is 3. The van der Waals surface area contributed by atoms with Crippen LogP contribution in [0.4, 0.5) is 5.82 Å². The Hall–Kier alpha value is -1.32. The fourth-order valence-electron chi connectivity index (χ4n) is 1.54. The SMILES string of the molecule is [B]c1c(C(=O)O)c2c(N)ncnn2c1CI. The third-order valence-corrected chi connectivity index (χ3v) is 2.95. The monoisotopic (exact) mass is 328 g/mol. The van der Waals surface area contributed by atoms with Crippen LogP contribution in [0.15, 0.2) is 6.33 Å². The number of nitrogens with zero attached hydrogens (tertiary/aromatic N) is 3. The van der Waals surface area contributed by atoms with Gasteiger partial charge in [0.25, 0.3) is 0 Å². The maximum atomic E-state index is 11.1. The van der Waals surface area contributed by atoms with Crippen molar-refractivity contribution < 1.29 is 9.90 Å². The minimum absolute atomic E-state index is 0.0373. The second-order valence-electron chi connectivity index (χ2n) is 3.08. The Morgan fingerprint density at radius 3 is 2.94 bits per heavy atom. The number of carbonyl (C=O) groups is 1. The summed E-state index contributed by atoms with van der Waals surface area (Å²) in [4.78, 5) is 14.9. The maximum Gasteiger partial charge on any atom is 0.337 e. The summed E-state index contributed by atoms with van der Waals surface area (Å²) in [5.74, 6) is -1.03. The van der Waals surface area contributed by atoms with Crippen LogP contribution in [0.1, 0.15) is 16.1 Å². The Morgan fingerprint density at radius 1 is 1.69 bits per heavy atom. The number of hydrogen-bond acceptors (Lipinski definition) is 4. The van der Waals surface area contributed by atoms with E-state index in [4.69, 9.17) is 18.7 Å². The van der Waals surface area contributed by atoms with Gasteiger partial charge in [0.05, 0.1) is 5.56 Å². The van der Waals surface area contributed by atoms with E-state index >= 15 is 0 Å². The lowest BCUT2D eigenvalue weighted by Gasteiger charge is -1.99.